The van der Waals surface area contributed by atoms with Crippen molar-refractivity contribution >= 4 is 52.1 Å². The fourth-order valence-electron chi connectivity index (χ4n) is 8.39. The molecular formula is C46H53Cl2N6S+. The summed E-state index contributed by atoms with van der Waals surface area (Å²) in [5.41, 5.74) is 10.8. The number of para-hydroxylation sites is 1. The molecule has 0 unspecified atom stereocenters. The van der Waals surface area contributed by atoms with Gasteiger partial charge in [0, 0.05) is 62.4 Å². The van der Waals surface area contributed by atoms with Gasteiger partial charge < -0.3 is 4.90 Å². The Morgan fingerprint density at radius 2 is 1.53 bits per heavy atom. The number of hydrogen-bond acceptors (Lipinski definition) is 5. The van der Waals surface area contributed by atoms with E-state index in [0.717, 1.165) is 59.7 Å². The average Bonchev–Trinajstić information content (AvgIpc) is 3.89. The minimum absolute atomic E-state index is 0.191. The maximum Gasteiger partial charge on any atom is 0.218 e. The Bertz CT molecular complexity index is 2210. The van der Waals surface area contributed by atoms with Crippen molar-refractivity contribution in [2.75, 3.05) is 18.0 Å². The van der Waals surface area contributed by atoms with Crippen LogP contribution in [-0.4, -0.2) is 43.6 Å². The maximum absolute atomic E-state index is 6.59. The van der Waals surface area contributed by atoms with Gasteiger partial charge in [0.05, 0.1) is 11.1 Å². The van der Waals surface area contributed by atoms with Crippen LogP contribution in [0.3, 0.4) is 0 Å². The van der Waals surface area contributed by atoms with Gasteiger partial charge in [0.1, 0.15) is 6.54 Å². The molecule has 3 aliphatic rings. The summed E-state index contributed by atoms with van der Waals surface area (Å²) in [4.78, 5) is 3.74. The number of allylic oxidation sites excluding steroid dienone is 7. The minimum atomic E-state index is -0.191. The normalized spacial score (nSPS) is 18.8. The molecule has 0 spiro atoms. The summed E-state index contributed by atoms with van der Waals surface area (Å²) < 4.78 is 4.37. The number of anilines is 1. The number of tetrazole rings is 1. The van der Waals surface area contributed by atoms with Crippen LogP contribution >= 0.6 is 35.0 Å². The Morgan fingerprint density at radius 3 is 2.29 bits per heavy atom. The summed E-state index contributed by atoms with van der Waals surface area (Å²) in [7, 11) is 0. The molecule has 2 aliphatic heterocycles. The molecular weight excluding hydrogens is 740 g/mol. The lowest BCUT2D eigenvalue weighted by atomic mass is 9.81. The molecule has 7 rings (SSSR count). The Labute approximate surface area is 341 Å². The van der Waals surface area contributed by atoms with E-state index in [-0.39, 0.29) is 10.8 Å². The van der Waals surface area contributed by atoms with E-state index >= 15 is 0 Å². The van der Waals surface area contributed by atoms with Crippen LogP contribution in [0.4, 0.5) is 11.4 Å². The second kappa shape index (κ2) is 16.7. The van der Waals surface area contributed by atoms with Gasteiger partial charge in [-0.25, -0.2) is 0 Å². The molecule has 0 N–H and O–H groups in total. The van der Waals surface area contributed by atoms with Crippen molar-refractivity contribution in [1.29, 1.82) is 0 Å². The van der Waals surface area contributed by atoms with Crippen molar-refractivity contribution in [3.63, 3.8) is 0 Å². The molecule has 0 radical (unpaired) electrons. The number of aromatic nitrogens is 4. The van der Waals surface area contributed by atoms with Crippen molar-refractivity contribution in [3.05, 3.63) is 134 Å². The van der Waals surface area contributed by atoms with Gasteiger partial charge in [0.2, 0.25) is 10.8 Å². The van der Waals surface area contributed by atoms with E-state index in [0.29, 0.717) is 0 Å². The molecule has 0 bridgehead atoms. The molecule has 9 heteroatoms. The largest absolute Gasteiger partial charge is 0.344 e. The van der Waals surface area contributed by atoms with Crippen molar-refractivity contribution in [3.8, 4) is 5.69 Å². The highest BCUT2D eigenvalue weighted by Crippen LogP contribution is 2.50. The van der Waals surface area contributed by atoms with Gasteiger partial charge in [-0.05, 0) is 127 Å². The third-order valence-electron chi connectivity index (χ3n) is 11.4. The van der Waals surface area contributed by atoms with Gasteiger partial charge in [0.25, 0.3) is 0 Å². The molecule has 55 heavy (non-hydrogen) atoms. The van der Waals surface area contributed by atoms with Gasteiger partial charge >= 0.3 is 0 Å². The van der Waals surface area contributed by atoms with Crippen molar-refractivity contribution in [2.24, 2.45) is 0 Å². The summed E-state index contributed by atoms with van der Waals surface area (Å²) in [5.74, 6) is 0. The van der Waals surface area contributed by atoms with Crippen LogP contribution < -0.4 is 4.90 Å². The third kappa shape index (κ3) is 7.90. The highest BCUT2D eigenvalue weighted by molar-refractivity contribution is 8.03. The number of benzene rings is 3. The highest BCUT2D eigenvalue weighted by atomic mass is 35.5. The van der Waals surface area contributed by atoms with Crippen LogP contribution in [0, 0.1) is 0 Å². The number of rotatable bonds is 14. The van der Waals surface area contributed by atoms with E-state index in [9.17, 15) is 0 Å². The fourth-order valence-corrected chi connectivity index (χ4v) is 9.83. The number of hydrogen-bond donors (Lipinski definition) is 0. The first-order chi connectivity index (χ1) is 26.5. The second-order valence-corrected chi connectivity index (χ2v) is 17.8. The molecule has 6 nitrogen and oxygen atoms in total. The molecule has 286 valence electrons. The Hall–Kier alpha value is -3.91. The maximum atomic E-state index is 6.59. The number of fused-ring (bicyclic) bond motifs is 2. The predicted octanol–water partition coefficient (Wildman–Crippen LogP) is 12.7. The fraction of sp³-hybridized carbons (Fsp3) is 0.391. The molecule has 0 saturated heterocycles. The molecule has 3 heterocycles. The summed E-state index contributed by atoms with van der Waals surface area (Å²) in [6.45, 7) is 15.8. The van der Waals surface area contributed by atoms with Gasteiger partial charge in [-0.3, -0.25) is 0 Å². The van der Waals surface area contributed by atoms with E-state index in [1.54, 1.807) is 11.8 Å². The van der Waals surface area contributed by atoms with E-state index in [1.807, 2.05) is 47.1 Å². The van der Waals surface area contributed by atoms with Crippen molar-refractivity contribution < 1.29 is 4.58 Å². The summed E-state index contributed by atoms with van der Waals surface area (Å²) in [6, 6.07) is 22.9. The first-order valence-corrected chi connectivity index (χ1v) is 21.5. The first kappa shape index (κ1) is 39.3. The first-order valence-electron chi connectivity index (χ1n) is 19.9. The summed E-state index contributed by atoms with van der Waals surface area (Å²) >= 11 is 14.8. The monoisotopic (exact) mass is 791 g/mol. The van der Waals surface area contributed by atoms with Crippen LogP contribution in [0.5, 0.6) is 0 Å². The van der Waals surface area contributed by atoms with Crippen LogP contribution in [0.25, 0.3) is 5.69 Å². The zero-order chi connectivity index (χ0) is 38.7. The van der Waals surface area contributed by atoms with E-state index in [2.05, 4.69) is 115 Å². The van der Waals surface area contributed by atoms with Crippen molar-refractivity contribution in [1.82, 2.24) is 20.2 Å². The molecule has 1 aliphatic carbocycles. The zero-order valence-electron chi connectivity index (χ0n) is 33.1. The van der Waals surface area contributed by atoms with Crippen molar-refractivity contribution in [2.45, 2.75) is 109 Å². The minimum Gasteiger partial charge on any atom is -0.344 e. The Balaban J connectivity index is 1.32. The highest BCUT2D eigenvalue weighted by Gasteiger charge is 2.44. The second-order valence-electron chi connectivity index (χ2n) is 15.9. The lowest BCUT2D eigenvalue weighted by Crippen LogP contribution is -2.28. The molecule has 0 fully saturated rings. The standard InChI is InChI=1S/C46H53Cl2N6S/c1-7-9-14-28-52-39-24-22-34(47)30-37(39)45(3,4)41(52)26-20-32-18-19-33(43(32)55-44-49-50-51-54(44)36-16-12-11-13-17-36)21-27-42-46(5,6)38-31-35(48)23-25-40(38)53(42)29-15-10-8-2/h11-13,16-17,20-27,30-31H,7-10,14-15,18-19,28-29H2,1-6H3/q+1. The van der Waals surface area contributed by atoms with E-state index < -0.39 is 0 Å². The number of unbranched alkanes of at least 4 members (excludes halogenated alkanes) is 4. The Kier molecular flexibility index (Phi) is 11.9. The van der Waals surface area contributed by atoms with Gasteiger partial charge in [-0.15, -0.1) is 5.10 Å². The number of nitrogens with zero attached hydrogens (tertiary/aromatic N) is 6. The molecule has 4 aromatic rings. The number of thioether (sulfide) groups is 1. The van der Waals surface area contributed by atoms with Crippen LogP contribution in [-0.2, 0) is 10.8 Å². The van der Waals surface area contributed by atoms with Gasteiger partial charge in [-0.2, -0.15) is 9.26 Å². The SMILES string of the molecule is CCCCCN1/C(=C/C=C2\CCC(/C=C/C3=[N+](CCCCC)c4ccc(Cl)cc4C3(C)C)=C2Sc2nnnn2-c2ccccc2)C(C)(C)c2cc(Cl)ccc21. The molecule has 1 aromatic heterocycles. The molecule has 0 amide bonds. The molecule has 3 aromatic carbocycles. The summed E-state index contributed by atoms with van der Waals surface area (Å²) in [6.07, 6.45) is 18.4. The quantitative estimate of drug-likeness (QED) is 0.0940. The molecule has 0 saturated carbocycles. The van der Waals surface area contributed by atoms with Gasteiger partial charge in [0.15, 0.2) is 5.71 Å². The third-order valence-corrected chi connectivity index (χ3v) is 13.1. The summed E-state index contributed by atoms with van der Waals surface area (Å²) in [5, 5.41) is 15.4. The van der Waals surface area contributed by atoms with Crippen LogP contribution in [0.2, 0.25) is 10.0 Å². The van der Waals surface area contributed by atoms with Crippen LogP contribution in [0.15, 0.2) is 118 Å². The topological polar surface area (TPSA) is 49.9 Å². The average molecular weight is 793 g/mol. The lowest BCUT2D eigenvalue weighted by molar-refractivity contribution is -0.438. The van der Waals surface area contributed by atoms with E-state index in [4.69, 9.17) is 23.2 Å². The molecule has 0 atom stereocenters. The Morgan fingerprint density at radius 1 is 0.800 bits per heavy atom. The number of halogens is 2. The van der Waals surface area contributed by atoms with E-state index in [1.165, 1.54) is 75.6 Å². The smallest absolute Gasteiger partial charge is 0.218 e. The van der Waals surface area contributed by atoms with Crippen LogP contribution in [0.1, 0.15) is 104 Å². The predicted molar refractivity (Wildman–Crippen MR) is 232 cm³/mol. The van der Waals surface area contributed by atoms with Gasteiger partial charge in [-0.1, -0.05) is 101 Å². The zero-order valence-corrected chi connectivity index (χ0v) is 35.4. The lowest BCUT2D eigenvalue weighted by Gasteiger charge is -2.27.